The van der Waals surface area contributed by atoms with Crippen LogP contribution in [0, 0.1) is 0 Å². The number of nitrogens with two attached hydrogens (primary N) is 1. The predicted molar refractivity (Wildman–Crippen MR) is 57.0 cm³/mol. The summed E-state index contributed by atoms with van der Waals surface area (Å²) in [7, 11) is 0. The summed E-state index contributed by atoms with van der Waals surface area (Å²) < 4.78 is 0. The molecule has 0 amide bonds. The van der Waals surface area contributed by atoms with Crippen LogP contribution in [0.3, 0.4) is 0 Å². The number of benzene rings is 1. The number of aliphatic carboxylic acids is 1. The molecule has 0 aliphatic heterocycles. The van der Waals surface area contributed by atoms with Crippen LogP contribution in [-0.4, -0.2) is 11.1 Å². The molecule has 0 saturated carbocycles. The fourth-order valence-corrected chi connectivity index (χ4v) is 0.757. The average Bonchev–Trinajstić information content (AvgIpc) is 2.20. The van der Waals surface area contributed by atoms with Crippen molar-refractivity contribution in [2.45, 2.75) is 26.3 Å². The first-order chi connectivity index (χ1) is 6.57. The van der Waals surface area contributed by atoms with Gasteiger partial charge in [-0.2, -0.15) is 0 Å². The second-order valence-electron chi connectivity index (χ2n) is 2.95. The molecule has 0 aromatic heterocycles. The molecule has 0 radical (unpaired) electrons. The van der Waals surface area contributed by atoms with E-state index in [0.717, 1.165) is 0 Å². The van der Waals surface area contributed by atoms with Gasteiger partial charge in [-0.05, 0) is 12.5 Å². The maximum atomic E-state index is 9.37. The summed E-state index contributed by atoms with van der Waals surface area (Å²) in [5.74, 6) is -0.745. The molecule has 14 heavy (non-hydrogen) atoms. The molecule has 0 heterocycles. The molecule has 0 unspecified atom stereocenters. The van der Waals surface area contributed by atoms with E-state index < -0.39 is 5.97 Å². The summed E-state index contributed by atoms with van der Waals surface area (Å²) in [5.41, 5.74) is 6.81. The summed E-state index contributed by atoms with van der Waals surface area (Å²) in [6, 6.07) is 10.2. The van der Waals surface area contributed by atoms with Crippen molar-refractivity contribution in [3.8, 4) is 0 Å². The quantitative estimate of drug-likeness (QED) is 0.760. The monoisotopic (exact) mass is 195 g/mol. The lowest BCUT2D eigenvalue weighted by molar-refractivity contribution is -0.136. The Labute approximate surface area is 84.6 Å². The van der Waals surface area contributed by atoms with E-state index in [9.17, 15) is 4.79 Å². The molecule has 78 valence electrons. The Hall–Kier alpha value is -1.35. The van der Waals surface area contributed by atoms with Crippen LogP contribution in [0.1, 0.15) is 31.9 Å². The topological polar surface area (TPSA) is 63.3 Å². The zero-order valence-corrected chi connectivity index (χ0v) is 8.60. The minimum absolute atomic E-state index is 0.159. The second kappa shape index (κ2) is 7.09. The standard InChI is InChI=1S/C8H11N.C3H6O2/c1-7(9)8-5-3-2-4-6-8;1-2-3(4)5/h2-7H,9H2,1H3;2H2,1H3,(H,4,5)/t7-;/m0./s1. The molecule has 1 aromatic rings. The first kappa shape index (κ1) is 12.7. The van der Waals surface area contributed by atoms with Gasteiger partial charge in [0.2, 0.25) is 0 Å². The zero-order valence-electron chi connectivity index (χ0n) is 8.60. The fourth-order valence-electron chi connectivity index (χ4n) is 0.757. The Morgan fingerprint density at radius 2 is 1.86 bits per heavy atom. The van der Waals surface area contributed by atoms with E-state index in [1.807, 2.05) is 37.3 Å². The van der Waals surface area contributed by atoms with Crippen molar-refractivity contribution in [2.75, 3.05) is 0 Å². The third kappa shape index (κ3) is 6.20. The van der Waals surface area contributed by atoms with Crippen molar-refractivity contribution in [3.63, 3.8) is 0 Å². The molecule has 0 aliphatic carbocycles. The predicted octanol–water partition coefficient (Wildman–Crippen LogP) is 2.19. The molecule has 3 heteroatoms. The van der Waals surface area contributed by atoms with Gasteiger partial charge in [0.1, 0.15) is 0 Å². The van der Waals surface area contributed by atoms with Gasteiger partial charge in [0, 0.05) is 12.5 Å². The zero-order chi connectivity index (χ0) is 11.0. The van der Waals surface area contributed by atoms with Crippen molar-refractivity contribution in [3.05, 3.63) is 35.9 Å². The minimum Gasteiger partial charge on any atom is -0.481 e. The number of hydrogen-bond acceptors (Lipinski definition) is 2. The molecular formula is C11H17NO2. The van der Waals surface area contributed by atoms with Gasteiger partial charge < -0.3 is 10.8 Å². The summed E-state index contributed by atoms with van der Waals surface area (Å²) >= 11 is 0. The summed E-state index contributed by atoms with van der Waals surface area (Å²) in [5, 5.41) is 7.72. The van der Waals surface area contributed by atoms with Crippen LogP contribution >= 0.6 is 0 Å². The van der Waals surface area contributed by atoms with Crippen molar-refractivity contribution in [2.24, 2.45) is 5.73 Å². The Bertz CT molecular complexity index is 257. The Balaban J connectivity index is 0.000000292. The van der Waals surface area contributed by atoms with Crippen molar-refractivity contribution in [1.82, 2.24) is 0 Å². The fraction of sp³-hybridized carbons (Fsp3) is 0.364. The van der Waals surface area contributed by atoms with E-state index >= 15 is 0 Å². The molecule has 1 rings (SSSR count). The van der Waals surface area contributed by atoms with Gasteiger partial charge in [-0.25, -0.2) is 0 Å². The van der Waals surface area contributed by atoms with Gasteiger partial charge in [0.15, 0.2) is 0 Å². The van der Waals surface area contributed by atoms with E-state index in [4.69, 9.17) is 10.8 Å². The van der Waals surface area contributed by atoms with Crippen LogP contribution in [0.2, 0.25) is 0 Å². The molecule has 0 bridgehead atoms. The van der Waals surface area contributed by atoms with Gasteiger partial charge in [0.25, 0.3) is 0 Å². The second-order valence-corrected chi connectivity index (χ2v) is 2.95. The van der Waals surface area contributed by atoms with E-state index in [0.29, 0.717) is 0 Å². The lowest BCUT2D eigenvalue weighted by Crippen LogP contribution is -2.03. The van der Waals surface area contributed by atoms with Crippen LogP contribution < -0.4 is 5.73 Å². The molecule has 0 fully saturated rings. The molecule has 3 N–H and O–H groups in total. The van der Waals surface area contributed by atoms with Gasteiger partial charge in [-0.3, -0.25) is 4.79 Å². The van der Waals surface area contributed by atoms with E-state index in [-0.39, 0.29) is 12.5 Å². The number of rotatable bonds is 2. The van der Waals surface area contributed by atoms with Crippen LogP contribution in [0.4, 0.5) is 0 Å². The normalized spacial score (nSPS) is 11.1. The van der Waals surface area contributed by atoms with Crippen LogP contribution in [0.5, 0.6) is 0 Å². The third-order valence-electron chi connectivity index (χ3n) is 1.63. The first-order valence-electron chi connectivity index (χ1n) is 4.60. The molecule has 0 saturated heterocycles. The SMILES string of the molecule is CCC(=O)O.C[C@H](N)c1ccccc1. The Morgan fingerprint density at radius 1 is 1.43 bits per heavy atom. The van der Waals surface area contributed by atoms with E-state index in [1.165, 1.54) is 5.56 Å². The maximum absolute atomic E-state index is 9.37. The van der Waals surface area contributed by atoms with Crippen molar-refractivity contribution >= 4 is 5.97 Å². The summed E-state index contributed by atoms with van der Waals surface area (Å²) in [4.78, 5) is 9.37. The lowest BCUT2D eigenvalue weighted by Gasteiger charge is -2.02. The highest BCUT2D eigenvalue weighted by Gasteiger charge is 1.93. The molecule has 0 aliphatic rings. The molecule has 1 aromatic carbocycles. The van der Waals surface area contributed by atoms with Gasteiger partial charge >= 0.3 is 5.97 Å². The maximum Gasteiger partial charge on any atom is 0.303 e. The van der Waals surface area contributed by atoms with Gasteiger partial charge in [0.05, 0.1) is 0 Å². The third-order valence-corrected chi connectivity index (χ3v) is 1.63. The lowest BCUT2D eigenvalue weighted by atomic mass is 10.1. The van der Waals surface area contributed by atoms with Crippen molar-refractivity contribution < 1.29 is 9.90 Å². The van der Waals surface area contributed by atoms with E-state index in [2.05, 4.69) is 0 Å². The Morgan fingerprint density at radius 3 is 2.07 bits per heavy atom. The average molecular weight is 195 g/mol. The number of carboxylic acid groups (broad SMARTS) is 1. The van der Waals surface area contributed by atoms with Gasteiger partial charge in [-0.15, -0.1) is 0 Å². The molecule has 3 nitrogen and oxygen atoms in total. The largest absolute Gasteiger partial charge is 0.481 e. The number of carbonyl (C=O) groups is 1. The van der Waals surface area contributed by atoms with Crippen LogP contribution in [0.15, 0.2) is 30.3 Å². The highest BCUT2D eigenvalue weighted by atomic mass is 16.4. The Kier molecular flexibility index (Phi) is 6.41. The minimum atomic E-state index is -0.745. The van der Waals surface area contributed by atoms with Crippen LogP contribution in [-0.2, 0) is 4.79 Å². The van der Waals surface area contributed by atoms with Gasteiger partial charge in [-0.1, -0.05) is 37.3 Å². The highest BCUT2D eigenvalue weighted by Crippen LogP contribution is 2.06. The van der Waals surface area contributed by atoms with Crippen molar-refractivity contribution in [1.29, 1.82) is 0 Å². The smallest absolute Gasteiger partial charge is 0.303 e. The summed E-state index contributed by atoms with van der Waals surface area (Å²) in [6.45, 7) is 3.58. The van der Waals surface area contributed by atoms with Crippen LogP contribution in [0.25, 0.3) is 0 Å². The molecule has 1 atom stereocenters. The number of hydrogen-bond donors (Lipinski definition) is 2. The molecule has 0 spiro atoms. The summed E-state index contributed by atoms with van der Waals surface area (Å²) in [6.07, 6.45) is 0.222. The first-order valence-corrected chi connectivity index (χ1v) is 4.60. The van der Waals surface area contributed by atoms with E-state index in [1.54, 1.807) is 6.92 Å². The molecular weight excluding hydrogens is 178 g/mol. The highest BCUT2D eigenvalue weighted by molar-refractivity contribution is 5.66. The number of carboxylic acids is 1.